The Morgan fingerprint density at radius 3 is 1.92 bits per heavy atom. The van der Waals surface area contributed by atoms with Crippen LogP contribution in [-0.4, -0.2) is 10.2 Å². The van der Waals surface area contributed by atoms with Gasteiger partial charge < -0.3 is 10.2 Å². The summed E-state index contributed by atoms with van der Waals surface area (Å²) in [5.74, 6) is 0.536. The quantitative estimate of drug-likeness (QED) is 0.199. The SMILES string of the molecule is CCCCCCCC/C=C\CCCCCCCc1cc(O)ccc1O. The molecule has 0 saturated carbocycles. The fraction of sp³-hybridized carbons (Fsp3) is 0.652. The second-order valence-corrected chi connectivity index (χ2v) is 7.15. The van der Waals surface area contributed by atoms with E-state index in [-0.39, 0.29) is 5.75 Å². The molecular weight excluding hydrogens is 308 g/mol. The molecule has 0 bridgehead atoms. The van der Waals surface area contributed by atoms with E-state index >= 15 is 0 Å². The molecule has 0 radical (unpaired) electrons. The number of rotatable bonds is 15. The Balaban J connectivity index is 1.88. The van der Waals surface area contributed by atoms with Crippen LogP contribution in [-0.2, 0) is 6.42 Å². The Morgan fingerprint density at radius 1 is 0.720 bits per heavy atom. The standard InChI is InChI=1S/C23H38O2/c1-2-3-4-5-6-7-8-9-10-11-12-13-14-15-16-17-21-20-22(24)18-19-23(21)25/h9-10,18-20,24-25H,2-8,11-17H2,1H3/b10-9-. The predicted molar refractivity (Wildman–Crippen MR) is 108 cm³/mol. The minimum atomic E-state index is 0.237. The van der Waals surface area contributed by atoms with Crippen LogP contribution in [0.5, 0.6) is 11.5 Å². The molecule has 0 fully saturated rings. The Labute approximate surface area is 155 Å². The second-order valence-electron chi connectivity index (χ2n) is 7.15. The van der Waals surface area contributed by atoms with E-state index in [0.717, 1.165) is 18.4 Å². The maximum atomic E-state index is 9.73. The Bertz CT molecular complexity index is 465. The third-order valence-electron chi connectivity index (χ3n) is 4.77. The van der Waals surface area contributed by atoms with Crippen LogP contribution in [0, 0.1) is 0 Å². The number of allylic oxidation sites excluding steroid dienone is 2. The van der Waals surface area contributed by atoms with E-state index in [4.69, 9.17) is 0 Å². The first-order chi connectivity index (χ1) is 12.2. The van der Waals surface area contributed by atoms with Crippen molar-refractivity contribution in [2.45, 2.75) is 96.8 Å². The predicted octanol–water partition coefficient (Wildman–Crippen LogP) is 7.29. The molecule has 2 N–H and O–H groups in total. The van der Waals surface area contributed by atoms with Crippen LogP contribution >= 0.6 is 0 Å². The van der Waals surface area contributed by atoms with Gasteiger partial charge in [-0.1, -0.05) is 70.4 Å². The summed E-state index contributed by atoms with van der Waals surface area (Å²) in [6.07, 6.45) is 22.4. The average molecular weight is 347 g/mol. The van der Waals surface area contributed by atoms with Crippen molar-refractivity contribution in [3.8, 4) is 11.5 Å². The van der Waals surface area contributed by atoms with Crippen LogP contribution in [0.2, 0.25) is 0 Å². The smallest absolute Gasteiger partial charge is 0.119 e. The van der Waals surface area contributed by atoms with Crippen LogP contribution in [0.15, 0.2) is 30.4 Å². The normalized spacial score (nSPS) is 11.4. The molecule has 1 aromatic carbocycles. The lowest BCUT2D eigenvalue weighted by atomic mass is 10.0. The molecule has 0 spiro atoms. The molecule has 1 aromatic rings. The summed E-state index contributed by atoms with van der Waals surface area (Å²) in [6, 6.07) is 4.77. The molecule has 0 heterocycles. The molecular formula is C23H38O2. The molecule has 2 nitrogen and oxygen atoms in total. The lowest BCUT2D eigenvalue weighted by molar-refractivity contribution is 0.452. The zero-order valence-corrected chi connectivity index (χ0v) is 16.2. The first-order valence-corrected chi connectivity index (χ1v) is 10.4. The zero-order chi connectivity index (χ0) is 18.2. The van der Waals surface area contributed by atoms with Gasteiger partial charge in [0.1, 0.15) is 11.5 Å². The Hall–Kier alpha value is -1.44. The number of phenolic OH excluding ortho intramolecular Hbond substituents is 2. The number of aryl methyl sites for hydroxylation is 1. The second kappa shape index (κ2) is 14.9. The van der Waals surface area contributed by atoms with Gasteiger partial charge in [-0.15, -0.1) is 0 Å². The summed E-state index contributed by atoms with van der Waals surface area (Å²) in [5, 5.41) is 19.2. The highest BCUT2D eigenvalue weighted by Gasteiger charge is 2.02. The van der Waals surface area contributed by atoms with Gasteiger partial charge >= 0.3 is 0 Å². The molecule has 0 saturated heterocycles. The summed E-state index contributed by atoms with van der Waals surface area (Å²) in [4.78, 5) is 0. The number of benzene rings is 1. The topological polar surface area (TPSA) is 40.5 Å². The van der Waals surface area contributed by atoms with E-state index in [2.05, 4.69) is 19.1 Å². The maximum Gasteiger partial charge on any atom is 0.119 e. The molecule has 1 rings (SSSR count). The molecule has 0 amide bonds. The first-order valence-electron chi connectivity index (χ1n) is 10.4. The van der Waals surface area contributed by atoms with Gasteiger partial charge in [0.25, 0.3) is 0 Å². The van der Waals surface area contributed by atoms with Crippen LogP contribution in [0.4, 0.5) is 0 Å². The lowest BCUT2D eigenvalue weighted by Crippen LogP contribution is -1.87. The summed E-state index contributed by atoms with van der Waals surface area (Å²) in [5.41, 5.74) is 0.859. The minimum Gasteiger partial charge on any atom is -0.508 e. The number of phenols is 2. The number of unbranched alkanes of at least 4 members (excludes halogenated alkanes) is 11. The summed E-state index contributed by atoms with van der Waals surface area (Å²) in [6.45, 7) is 2.27. The average Bonchev–Trinajstić information content (AvgIpc) is 2.61. The van der Waals surface area contributed by atoms with Gasteiger partial charge in [0.15, 0.2) is 0 Å². The zero-order valence-electron chi connectivity index (χ0n) is 16.2. The highest BCUT2D eigenvalue weighted by atomic mass is 16.3. The monoisotopic (exact) mass is 346 g/mol. The van der Waals surface area contributed by atoms with Gasteiger partial charge in [-0.05, 0) is 62.3 Å². The lowest BCUT2D eigenvalue weighted by Gasteiger charge is -2.05. The van der Waals surface area contributed by atoms with Gasteiger partial charge in [-0.2, -0.15) is 0 Å². The molecule has 0 atom stereocenters. The van der Waals surface area contributed by atoms with Crippen LogP contribution in [0.1, 0.15) is 96.0 Å². The van der Waals surface area contributed by atoms with E-state index in [1.165, 1.54) is 83.1 Å². The molecule has 0 aliphatic rings. The highest BCUT2D eigenvalue weighted by molar-refractivity contribution is 5.38. The van der Waals surface area contributed by atoms with E-state index in [9.17, 15) is 10.2 Å². The fourth-order valence-corrected chi connectivity index (χ4v) is 3.16. The molecule has 0 unspecified atom stereocenters. The number of hydrogen-bond donors (Lipinski definition) is 2. The highest BCUT2D eigenvalue weighted by Crippen LogP contribution is 2.24. The minimum absolute atomic E-state index is 0.237. The van der Waals surface area contributed by atoms with Crippen molar-refractivity contribution >= 4 is 0 Å². The van der Waals surface area contributed by atoms with Crippen molar-refractivity contribution in [2.24, 2.45) is 0 Å². The van der Waals surface area contributed by atoms with Gasteiger partial charge in [0.2, 0.25) is 0 Å². The van der Waals surface area contributed by atoms with Gasteiger partial charge in [0, 0.05) is 0 Å². The maximum absolute atomic E-state index is 9.73. The number of aromatic hydroxyl groups is 2. The Morgan fingerprint density at radius 2 is 1.28 bits per heavy atom. The summed E-state index contributed by atoms with van der Waals surface area (Å²) in [7, 11) is 0. The van der Waals surface area contributed by atoms with Gasteiger partial charge in [-0.3, -0.25) is 0 Å². The largest absolute Gasteiger partial charge is 0.508 e. The van der Waals surface area contributed by atoms with Crippen molar-refractivity contribution in [3.63, 3.8) is 0 Å². The molecule has 0 aliphatic heterocycles. The van der Waals surface area contributed by atoms with E-state index in [0.29, 0.717) is 5.75 Å². The van der Waals surface area contributed by atoms with Crippen molar-refractivity contribution in [3.05, 3.63) is 35.9 Å². The van der Waals surface area contributed by atoms with Crippen LogP contribution in [0.25, 0.3) is 0 Å². The van der Waals surface area contributed by atoms with Crippen molar-refractivity contribution in [1.29, 1.82) is 0 Å². The van der Waals surface area contributed by atoms with Gasteiger partial charge in [0.05, 0.1) is 0 Å². The summed E-state index contributed by atoms with van der Waals surface area (Å²) < 4.78 is 0. The van der Waals surface area contributed by atoms with E-state index in [1.54, 1.807) is 12.1 Å². The molecule has 2 heteroatoms. The van der Waals surface area contributed by atoms with E-state index in [1.807, 2.05) is 0 Å². The van der Waals surface area contributed by atoms with Crippen molar-refractivity contribution in [1.82, 2.24) is 0 Å². The fourth-order valence-electron chi connectivity index (χ4n) is 3.16. The third kappa shape index (κ3) is 11.7. The molecule has 0 aromatic heterocycles. The van der Waals surface area contributed by atoms with Crippen LogP contribution < -0.4 is 0 Å². The third-order valence-corrected chi connectivity index (χ3v) is 4.77. The van der Waals surface area contributed by atoms with Crippen LogP contribution in [0.3, 0.4) is 0 Å². The molecule has 142 valence electrons. The number of hydrogen-bond acceptors (Lipinski definition) is 2. The first kappa shape index (κ1) is 21.6. The molecule has 25 heavy (non-hydrogen) atoms. The van der Waals surface area contributed by atoms with Gasteiger partial charge in [-0.25, -0.2) is 0 Å². The Kier molecular flexibility index (Phi) is 12.8. The van der Waals surface area contributed by atoms with E-state index < -0.39 is 0 Å². The van der Waals surface area contributed by atoms with Crippen molar-refractivity contribution in [2.75, 3.05) is 0 Å². The summed E-state index contributed by atoms with van der Waals surface area (Å²) >= 11 is 0. The van der Waals surface area contributed by atoms with Crippen molar-refractivity contribution < 1.29 is 10.2 Å². The molecule has 0 aliphatic carbocycles.